The third kappa shape index (κ3) is 2.53. The molecule has 1 aromatic rings. The Hall–Kier alpha value is -1.99. The first-order valence-corrected chi connectivity index (χ1v) is 4.47. The number of rotatable bonds is 4. The predicted molar refractivity (Wildman–Crippen MR) is 52.7 cm³/mol. The number of benzene rings is 1. The fraction of sp³-hybridized carbons (Fsp3) is 0.222. The molecule has 16 heavy (non-hydrogen) atoms. The number of nitro groups is 1. The molecule has 0 aliphatic rings. The average Bonchev–Trinajstić information content (AvgIpc) is 2.28. The van der Waals surface area contributed by atoms with Crippen LogP contribution in [-0.2, 0) is 4.84 Å². The molecule has 0 heterocycles. The molecule has 0 fully saturated rings. The molecule has 1 aromatic carbocycles. The van der Waals surface area contributed by atoms with Crippen LogP contribution in [0.5, 0.6) is 0 Å². The second kappa shape index (κ2) is 5.19. The SMILES string of the molecule is CCON(O)C(=O)c1ccccc1[N+](=O)[O-]. The van der Waals surface area contributed by atoms with Crippen molar-refractivity contribution in [1.29, 1.82) is 0 Å². The summed E-state index contributed by atoms with van der Waals surface area (Å²) in [6.07, 6.45) is 0. The Labute approximate surface area is 90.9 Å². The molecule has 86 valence electrons. The van der Waals surface area contributed by atoms with E-state index in [1.54, 1.807) is 6.92 Å². The summed E-state index contributed by atoms with van der Waals surface area (Å²) in [7, 11) is 0. The molecule has 0 atom stereocenters. The Morgan fingerprint density at radius 3 is 2.75 bits per heavy atom. The van der Waals surface area contributed by atoms with Crippen molar-refractivity contribution in [3.05, 3.63) is 39.9 Å². The van der Waals surface area contributed by atoms with E-state index in [1.807, 2.05) is 0 Å². The van der Waals surface area contributed by atoms with Crippen LogP contribution in [-0.4, -0.2) is 27.9 Å². The standard InChI is InChI=1S/C9H10N2O5/c1-2-16-11(15)9(12)7-5-3-4-6-8(7)10(13)14/h3-6,15H,2H2,1H3. The molecule has 1 rings (SSSR count). The van der Waals surface area contributed by atoms with Gasteiger partial charge in [0.2, 0.25) is 0 Å². The number of amides is 1. The Bertz CT molecular complexity index is 407. The van der Waals surface area contributed by atoms with Gasteiger partial charge in [-0.25, -0.2) is 4.84 Å². The van der Waals surface area contributed by atoms with Crippen LogP contribution >= 0.6 is 0 Å². The minimum absolute atomic E-state index is 0.0116. The monoisotopic (exact) mass is 226 g/mol. The zero-order valence-electron chi connectivity index (χ0n) is 8.49. The first-order chi connectivity index (χ1) is 7.57. The molecule has 1 N–H and O–H groups in total. The van der Waals surface area contributed by atoms with Crippen LogP contribution in [0.1, 0.15) is 17.3 Å². The first kappa shape index (κ1) is 12.1. The van der Waals surface area contributed by atoms with Gasteiger partial charge in [-0.2, -0.15) is 0 Å². The second-order valence-corrected chi connectivity index (χ2v) is 2.77. The lowest BCUT2D eigenvalue weighted by Crippen LogP contribution is -2.28. The van der Waals surface area contributed by atoms with Gasteiger partial charge >= 0.3 is 5.91 Å². The van der Waals surface area contributed by atoms with Gasteiger partial charge in [0.15, 0.2) is 0 Å². The Balaban J connectivity index is 3.03. The molecule has 0 unspecified atom stereocenters. The van der Waals surface area contributed by atoms with Gasteiger partial charge in [0, 0.05) is 6.07 Å². The van der Waals surface area contributed by atoms with E-state index in [0.717, 1.165) is 0 Å². The van der Waals surface area contributed by atoms with Gasteiger partial charge in [-0.05, 0) is 13.0 Å². The summed E-state index contributed by atoms with van der Waals surface area (Å²) in [6.45, 7) is 1.64. The maximum Gasteiger partial charge on any atom is 0.310 e. The van der Waals surface area contributed by atoms with Crippen LogP contribution in [0.3, 0.4) is 0 Å². The Morgan fingerprint density at radius 1 is 1.56 bits per heavy atom. The lowest BCUT2D eigenvalue weighted by Gasteiger charge is -2.12. The van der Waals surface area contributed by atoms with E-state index in [9.17, 15) is 14.9 Å². The fourth-order valence-electron chi connectivity index (χ4n) is 1.10. The quantitative estimate of drug-likeness (QED) is 0.475. The molecule has 7 nitrogen and oxygen atoms in total. The van der Waals surface area contributed by atoms with E-state index in [1.165, 1.54) is 24.3 Å². The Morgan fingerprint density at radius 2 is 2.19 bits per heavy atom. The van der Waals surface area contributed by atoms with Crippen molar-refractivity contribution in [2.24, 2.45) is 0 Å². The van der Waals surface area contributed by atoms with Crippen LogP contribution in [0.15, 0.2) is 24.3 Å². The molecule has 0 saturated carbocycles. The van der Waals surface area contributed by atoms with E-state index >= 15 is 0 Å². The molecule has 1 amide bonds. The Kier molecular flexibility index (Phi) is 3.92. The van der Waals surface area contributed by atoms with Crippen LogP contribution in [0.25, 0.3) is 0 Å². The number of hydrogen-bond acceptors (Lipinski definition) is 5. The van der Waals surface area contributed by atoms with Gasteiger partial charge in [0.05, 0.1) is 11.5 Å². The van der Waals surface area contributed by atoms with Crippen LogP contribution in [0, 0.1) is 10.1 Å². The molecular weight excluding hydrogens is 216 g/mol. The summed E-state index contributed by atoms with van der Waals surface area (Å²) in [5.41, 5.74) is -0.616. The molecule has 0 saturated heterocycles. The second-order valence-electron chi connectivity index (χ2n) is 2.77. The van der Waals surface area contributed by atoms with Gasteiger partial charge in [-0.1, -0.05) is 17.4 Å². The smallest absolute Gasteiger partial charge is 0.264 e. The van der Waals surface area contributed by atoms with Crippen molar-refractivity contribution in [2.45, 2.75) is 6.92 Å². The summed E-state index contributed by atoms with van der Waals surface area (Å²) in [6, 6.07) is 5.30. The lowest BCUT2D eigenvalue weighted by atomic mass is 10.2. The lowest BCUT2D eigenvalue weighted by molar-refractivity contribution is -0.385. The van der Waals surface area contributed by atoms with E-state index in [-0.39, 0.29) is 23.1 Å². The molecule has 0 bridgehead atoms. The normalized spacial score (nSPS) is 9.88. The zero-order chi connectivity index (χ0) is 12.1. The molecule has 0 radical (unpaired) electrons. The van der Waals surface area contributed by atoms with Crippen molar-refractivity contribution in [3.63, 3.8) is 0 Å². The third-order valence-electron chi connectivity index (χ3n) is 1.76. The molecule has 0 aliphatic heterocycles. The molecule has 0 aromatic heterocycles. The zero-order valence-corrected chi connectivity index (χ0v) is 8.49. The first-order valence-electron chi connectivity index (χ1n) is 4.47. The van der Waals surface area contributed by atoms with Crippen LogP contribution < -0.4 is 0 Å². The number of carbonyl (C=O) groups excluding carboxylic acids is 1. The third-order valence-corrected chi connectivity index (χ3v) is 1.76. The highest BCUT2D eigenvalue weighted by Crippen LogP contribution is 2.18. The fourth-order valence-corrected chi connectivity index (χ4v) is 1.10. The van der Waals surface area contributed by atoms with Crippen molar-refractivity contribution in [2.75, 3.05) is 6.61 Å². The maximum absolute atomic E-state index is 11.5. The van der Waals surface area contributed by atoms with Crippen molar-refractivity contribution in [3.8, 4) is 0 Å². The highest BCUT2D eigenvalue weighted by atomic mass is 16.9. The van der Waals surface area contributed by atoms with Gasteiger partial charge in [0.25, 0.3) is 5.69 Å². The molecule has 0 spiro atoms. The highest BCUT2D eigenvalue weighted by molar-refractivity contribution is 5.96. The predicted octanol–water partition coefficient (Wildman–Crippen LogP) is 1.38. The van der Waals surface area contributed by atoms with Crippen LogP contribution in [0.2, 0.25) is 0 Å². The summed E-state index contributed by atoms with van der Waals surface area (Å²) >= 11 is 0. The molecular formula is C9H10N2O5. The van der Waals surface area contributed by atoms with E-state index in [2.05, 4.69) is 4.84 Å². The van der Waals surface area contributed by atoms with Crippen LogP contribution in [0.4, 0.5) is 5.69 Å². The minimum Gasteiger partial charge on any atom is -0.264 e. The molecule has 0 aliphatic carbocycles. The van der Waals surface area contributed by atoms with Crippen molar-refractivity contribution < 1.29 is 19.8 Å². The van der Waals surface area contributed by atoms with Crippen molar-refractivity contribution >= 4 is 11.6 Å². The number of nitrogens with zero attached hydrogens (tertiary/aromatic N) is 2. The summed E-state index contributed by atoms with van der Waals surface area (Å²) in [4.78, 5) is 25.9. The van der Waals surface area contributed by atoms with E-state index in [0.29, 0.717) is 0 Å². The average molecular weight is 226 g/mol. The van der Waals surface area contributed by atoms with Crippen molar-refractivity contribution in [1.82, 2.24) is 5.23 Å². The summed E-state index contributed by atoms with van der Waals surface area (Å²) in [5, 5.41) is 19.7. The number of hydroxylamine groups is 2. The largest absolute Gasteiger partial charge is 0.310 e. The topological polar surface area (TPSA) is 92.9 Å². The van der Waals surface area contributed by atoms with Gasteiger partial charge in [0.1, 0.15) is 5.56 Å². The van der Waals surface area contributed by atoms with E-state index < -0.39 is 10.8 Å². The highest BCUT2D eigenvalue weighted by Gasteiger charge is 2.23. The van der Waals surface area contributed by atoms with Gasteiger partial charge < -0.3 is 0 Å². The molecule has 7 heteroatoms. The van der Waals surface area contributed by atoms with Gasteiger partial charge in [-0.3, -0.25) is 20.1 Å². The van der Waals surface area contributed by atoms with E-state index in [4.69, 9.17) is 5.21 Å². The van der Waals surface area contributed by atoms with Gasteiger partial charge in [-0.15, -0.1) is 0 Å². The number of nitro benzene ring substituents is 1. The summed E-state index contributed by atoms with van der Waals surface area (Å²) in [5.74, 6) is -0.978. The minimum atomic E-state index is -0.978. The number of hydrogen-bond donors (Lipinski definition) is 1. The number of carbonyl (C=O) groups is 1. The maximum atomic E-state index is 11.5. The number of para-hydroxylation sites is 1. The summed E-state index contributed by atoms with van der Waals surface area (Å²) < 4.78 is 0.